The maximum atomic E-state index is 9.37. The van der Waals surface area contributed by atoms with Gasteiger partial charge in [-0.1, -0.05) is 11.6 Å². The third-order valence-electron chi connectivity index (χ3n) is 5.66. The Morgan fingerprint density at radius 2 is 2.00 bits per heavy atom. The molecule has 0 bridgehead atoms. The SMILES string of the molecule is COc1cc(N2CCNCC2)ccc1Nc1ncc(Cl)c(-c2cnc3cc(CO)ccn23)n1. The third-order valence-corrected chi connectivity index (χ3v) is 5.94. The number of benzene rings is 1. The summed E-state index contributed by atoms with van der Waals surface area (Å²) in [4.78, 5) is 15.7. The van der Waals surface area contributed by atoms with E-state index in [-0.39, 0.29) is 6.61 Å². The van der Waals surface area contributed by atoms with E-state index in [1.54, 1.807) is 19.5 Å². The molecular weight excluding hydrogens is 442 g/mol. The highest BCUT2D eigenvalue weighted by Gasteiger charge is 2.16. The molecule has 0 aliphatic carbocycles. The van der Waals surface area contributed by atoms with Crippen LogP contribution in [-0.2, 0) is 6.61 Å². The van der Waals surface area contributed by atoms with E-state index in [0.717, 1.165) is 48.8 Å². The summed E-state index contributed by atoms with van der Waals surface area (Å²) < 4.78 is 7.51. The molecule has 0 radical (unpaired) electrons. The van der Waals surface area contributed by atoms with E-state index < -0.39 is 0 Å². The van der Waals surface area contributed by atoms with Gasteiger partial charge in [-0.15, -0.1) is 0 Å². The summed E-state index contributed by atoms with van der Waals surface area (Å²) in [5.74, 6) is 1.10. The molecule has 4 heterocycles. The normalized spacial score (nSPS) is 14.0. The summed E-state index contributed by atoms with van der Waals surface area (Å²) in [5, 5.41) is 16.4. The second kappa shape index (κ2) is 9.22. The number of hydrogen-bond donors (Lipinski definition) is 3. The summed E-state index contributed by atoms with van der Waals surface area (Å²) in [5.41, 5.74) is 4.64. The van der Waals surface area contributed by atoms with Crippen LogP contribution in [0.5, 0.6) is 5.75 Å². The van der Waals surface area contributed by atoms with Crippen LogP contribution >= 0.6 is 11.6 Å². The largest absolute Gasteiger partial charge is 0.494 e. The molecule has 3 N–H and O–H groups in total. The standard InChI is InChI=1S/C23H24ClN7O2/c1-33-20-11-16(30-8-5-25-6-9-30)2-3-18(20)28-23-27-12-17(24)22(29-23)19-13-26-21-10-15(14-32)4-7-31(19)21/h2-4,7,10-13,25,32H,5-6,8-9,14H2,1H3,(H,27,28,29). The number of aliphatic hydroxyl groups is 1. The van der Waals surface area contributed by atoms with Crippen LogP contribution in [0.4, 0.5) is 17.3 Å². The van der Waals surface area contributed by atoms with Crippen LogP contribution in [0.3, 0.4) is 0 Å². The van der Waals surface area contributed by atoms with Crippen molar-refractivity contribution in [3.63, 3.8) is 0 Å². The lowest BCUT2D eigenvalue weighted by atomic mass is 10.2. The number of nitrogens with zero attached hydrogens (tertiary/aromatic N) is 5. The number of rotatable bonds is 6. The van der Waals surface area contributed by atoms with E-state index in [1.807, 2.05) is 34.9 Å². The monoisotopic (exact) mass is 465 g/mol. The minimum Gasteiger partial charge on any atom is -0.494 e. The maximum absolute atomic E-state index is 9.37. The van der Waals surface area contributed by atoms with Crippen LogP contribution in [0.15, 0.2) is 48.9 Å². The number of anilines is 3. The first-order valence-electron chi connectivity index (χ1n) is 10.7. The predicted molar refractivity (Wildman–Crippen MR) is 129 cm³/mol. The molecule has 0 atom stereocenters. The van der Waals surface area contributed by atoms with Crippen LogP contribution in [0, 0.1) is 0 Å². The van der Waals surface area contributed by atoms with E-state index in [9.17, 15) is 5.11 Å². The molecule has 0 amide bonds. The molecular formula is C23H24ClN7O2. The van der Waals surface area contributed by atoms with Gasteiger partial charge in [-0.2, -0.15) is 0 Å². The van der Waals surface area contributed by atoms with Gasteiger partial charge in [-0.25, -0.2) is 15.0 Å². The van der Waals surface area contributed by atoms with Gasteiger partial charge in [0.2, 0.25) is 5.95 Å². The number of ether oxygens (including phenoxy) is 1. The van der Waals surface area contributed by atoms with Crippen LogP contribution in [-0.4, -0.2) is 57.7 Å². The molecule has 0 unspecified atom stereocenters. The minimum atomic E-state index is -0.0453. The van der Waals surface area contributed by atoms with Gasteiger partial charge in [0, 0.05) is 44.1 Å². The zero-order valence-electron chi connectivity index (χ0n) is 18.1. The van der Waals surface area contributed by atoms with Crippen molar-refractivity contribution in [3.8, 4) is 17.1 Å². The lowest BCUT2D eigenvalue weighted by Gasteiger charge is -2.30. The molecule has 33 heavy (non-hydrogen) atoms. The van der Waals surface area contributed by atoms with Gasteiger partial charge in [0.25, 0.3) is 0 Å². The van der Waals surface area contributed by atoms with E-state index >= 15 is 0 Å². The summed E-state index contributed by atoms with van der Waals surface area (Å²) in [6, 6.07) is 9.71. The van der Waals surface area contributed by atoms with E-state index in [0.29, 0.717) is 28.1 Å². The summed E-state index contributed by atoms with van der Waals surface area (Å²) in [6.45, 7) is 3.80. The molecule has 3 aromatic heterocycles. The molecule has 4 aromatic rings. The average molecular weight is 466 g/mol. The molecule has 0 saturated carbocycles. The van der Waals surface area contributed by atoms with Gasteiger partial charge < -0.3 is 25.4 Å². The van der Waals surface area contributed by atoms with Crippen LogP contribution < -0.4 is 20.3 Å². The van der Waals surface area contributed by atoms with Crippen molar-refractivity contribution in [2.45, 2.75) is 6.61 Å². The Morgan fingerprint density at radius 1 is 1.15 bits per heavy atom. The Hall–Kier alpha value is -3.40. The number of fused-ring (bicyclic) bond motifs is 1. The number of aliphatic hydroxyl groups excluding tert-OH is 1. The number of aromatic nitrogens is 4. The summed E-state index contributed by atoms with van der Waals surface area (Å²) >= 11 is 6.45. The second-order valence-corrected chi connectivity index (χ2v) is 8.11. The molecule has 1 aliphatic rings. The third kappa shape index (κ3) is 4.30. The average Bonchev–Trinajstić information content (AvgIpc) is 3.29. The first-order chi connectivity index (χ1) is 16.2. The lowest BCUT2D eigenvalue weighted by molar-refractivity contribution is 0.282. The van der Waals surface area contributed by atoms with Crippen LogP contribution in [0.1, 0.15) is 5.56 Å². The Morgan fingerprint density at radius 3 is 2.79 bits per heavy atom. The fourth-order valence-corrected chi connectivity index (χ4v) is 4.11. The molecule has 9 nitrogen and oxygen atoms in total. The fraction of sp³-hybridized carbons (Fsp3) is 0.261. The van der Waals surface area contributed by atoms with Gasteiger partial charge in [0.15, 0.2) is 0 Å². The van der Waals surface area contributed by atoms with E-state index in [1.165, 1.54) is 0 Å². The molecule has 170 valence electrons. The molecule has 10 heteroatoms. The summed E-state index contributed by atoms with van der Waals surface area (Å²) in [6.07, 6.45) is 5.11. The molecule has 1 saturated heterocycles. The Labute approximate surface area is 196 Å². The quantitative estimate of drug-likeness (QED) is 0.399. The highest BCUT2D eigenvalue weighted by atomic mass is 35.5. The molecule has 5 rings (SSSR count). The van der Waals surface area contributed by atoms with Crippen molar-refractivity contribution in [2.75, 3.05) is 43.5 Å². The number of imidazole rings is 1. The van der Waals surface area contributed by atoms with Gasteiger partial charge in [-0.3, -0.25) is 4.40 Å². The fourth-order valence-electron chi connectivity index (χ4n) is 3.93. The van der Waals surface area contributed by atoms with Crippen molar-refractivity contribution in [2.24, 2.45) is 0 Å². The Balaban J connectivity index is 1.45. The van der Waals surface area contributed by atoms with Crippen molar-refractivity contribution >= 4 is 34.6 Å². The highest BCUT2D eigenvalue weighted by Crippen LogP contribution is 2.33. The molecule has 1 aliphatic heterocycles. The first kappa shape index (κ1) is 21.4. The highest BCUT2D eigenvalue weighted by molar-refractivity contribution is 6.32. The predicted octanol–water partition coefficient (Wildman–Crippen LogP) is 3.10. The topological polar surface area (TPSA) is 99.8 Å². The van der Waals surface area contributed by atoms with Crippen molar-refractivity contribution in [1.82, 2.24) is 24.7 Å². The molecule has 1 fully saturated rings. The minimum absolute atomic E-state index is 0.0453. The number of hydrogen-bond acceptors (Lipinski definition) is 8. The lowest BCUT2D eigenvalue weighted by Crippen LogP contribution is -2.43. The second-order valence-electron chi connectivity index (χ2n) is 7.70. The Kier molecular flexibility index (Phi) is 5.99. The van der Waals surface area contributed by atoms with Gasteiger partial charge in [-0.05, 0) is 29.8 Å². The van der Waals surface area contributed by atoms with E-state index in [2.05, 4.69) is 36.6 Å². The van der Waals surface area contributed by atoms with Crippen molar-refractivity contribution in [3.05, 3.63) is 59.5 Å². The van der Waals surface area contributed by atoms with Crippen LogP contribution in [0.25, 0.3) is 17.0 Å². The first-order valence-corrected chi connectivity index (χ1v) is 11.0. The number of nitrogens with one attached hydrogen (secondary N) is 2. The molecule has 1 aromatic carbocycles. The zero-order chi connectivity index (χ0) is 22.8. The van der Waals surface area contributed by atoms with E-state index in [4.69, 9.17) is 16.3 Å². The number of halogens is 1. The van der Waals surface area contributed by atoms with Crippen molar-refractivity contribution in [1.29, 1.82) is 0 Å². The zero-order valence-corrected chi connectivity index (χ0v) is 18.9. The van der Waals surface area contributed by atoms with Gasteiger partial charge >= 0.3 is 0 Å². The number of pyridine rings is 1. The van der Waals surface area contributed by atoms with Crippen LogP contribution in [0.2, 0.25) is 5.02 Å². The van der Waals surface area contributed by atoms with Crippen molar-refractivity contribution < 1.29 is 9.84 Å². The van der Waals surface area contributed by atoms with Gasteiger partial charge in [0.1, 0.15) is 17.1 Å². The maximum Gasteiger partial charge on any atom is 0.227 e. The van der Waals surface area contributed by atoms with Gasteiger partial charge in [0.05, 0.1) is 42.5 Å². The Bertz CT molecular complexity index is 1290. The number of methoxy groups -OCH3 is 1. The smallest absolute Gasteiger partial charge is 0.227 e. The number of piperazine rings is 1. The summed E-state index contributed by atoms with van der Waals surface area (Å²) in [7, 11) is 1.65. The molecule has 0 spiro atoms.